The number of carbonyl (C=O) groups is 1. The van der Waals surface area contributed by atoms with Gasteiger partial charge in [-0.1, -0.05) is 6.07 Å². The van der Waals surface area contributed by atoms with E-state index in [1.807, 2.05) is 0 Å². The Balaban J connectivity index is 1.64. The highest BCUT2D eigenvalue weighted by atomic mass is 19.1. The molecule has 0 saturated carbocycles. The molecule has 1 aromatic heterocycles. The highest BCUT2D eigenvalue weighted by Crippen LogP contribution is 2.17. The number of hydrogen-bond donors (Lipinski definition) is 2. The Hall–Kier alpha value is -2.63. The molecule has 1 aliphatic carbocycles. The van der Waals surface area contributed by atoms with Gasteiger partial charge in [0.25, 0.3) is 0 Å². The summed E-state index contributed by atoms with van der Waals surface area (Å²) in [5.41, 5.74) is 2.57. The van der Waals surface area contributed by atoms with E-state index in [-0.39, 0.29) is 24.3 Å². The molecule has 5 nitrogen and oxygen atoms in total. The molecule has 1 heterocycles. The summed E-state index contributed by atoms with van der Waals surface area (Å²) >= 11 is 0. The molecule has 1 aliphatic rings. The number of hydrogen-bond acceptors (Lipinski definition) is 3. The molecule has 25 heavy (non-hydrogen) atoms. The number of aromatic amines is 1. The maximum atomic E-state index is 13.9. The van der Waals surface area contributed by atoms with E-state index in [9.17, 15) is 14.0 Å². The van der Waals surface area contributed by atoms with Crippen molar-refractivity contribution in [3.8, 4) is 5.75 Å². The number of ether oxygens (including phenoxy) is 1. The fourth-order valence-electron chi connectivity index (χ4n) is 3.11. The van der Waals surface area contributed by atoms with Gasteiger partial charge in [-0.25, -0.2) is 4.39 Å². The van der Waals surface area contributed by atoms with Gasteiger partial charge in [0.2, 0.25) is 5.91 Å². The van der Waals surface area contributed by atoms with Gasteiger partial charge in [0.1, 0.15) is 11.6 Å². The predicted octanol–water partition coefficient (Wildman–Crippen LogP) is 2.26. The number of halogens is 1. The van der Waals surface area contributed by atoms with E-state index in [1.165, 1.54) is 13.2 Å². The summed E-state index contributed by atoms with van der Waals surface area (Å²) in [7, 11) is 1.46. The Morgan fingerprint density at radius 1 is 1.28 bits per heavy atom. The highest BCUT2D eigenvalue weighted by molar-refractivity contribution is 5.78. The van der Waals surface area contributed by atoms with Crippen molar-refractivity contribution in [3.63, 3.8) is 0 Å². The molecule has 1 aromatic carbocycles. The number of pyridine rings is 1. The lowest BCUT2D eigenvalue weighted by molar-refractivity contribution is -0.120. The number of nitrogens with one attached hydrogen (secondary N) is 2. The minimum absolute atomic E-state index is 0.0135. The van der Waals surface area contributed by atoms with Crippen molar-refractivity contribution >= 4 is 5.91 Å². The molecular formula is C19H21FN2O3. The standard InChI is InChI=1S/C19H21FN2O3/c1-25-14-7-6-12(16(20)9-14)10-22-18(23)8-13-11-21-17-5-3-2-4-15(17)19(13)24/h6-7,9,11H,2-5,8,10H2,1H3,(H,21,24)(H,22,23). The van der Waals surface area contributed by atoms with Crippen LogP contribution in [0.5, 0.6) is 5.75 Å². The Bertz CT molecular complexity index is 845. The highest BCUT2D eigenvalue weighted by Gasteiger charge is 2.17. The van der Waals surface area contributed by atoms with Crippen molar-refractivity contribution in [1.29, 1.82) is 0 Å². The van der Waals surface area contributed by atoms with Crippen LogP contribution >= 0.6 is 0 Å². The quantitative estimate of drug-likeness (QED) is 0.874. The van der Waals surface area contributed by atoms with Crippen molar-refractivity contribution in [2.24, 2.45) is 0 Å². The van der Waals surface area contributed by atoms with E-state index in [1.54, 1.807) is 18.3 Å². The molecular weight excluding hydrogens is 323 g/mol. The average molecular weight is 344 g/mol. The van der Waals surface area contributed by atoms with E-state index < -0.39 is 5.82 Å². The first-order chi connectivity index (χ1) is 12.1. The molecule has 0 aliphatic heterocycles. The van der Waals surface area contributed by atoms with Gasteiger partial charge in [-0.05, 0) is 31.7 Å². The van der Waals surface area contributed by atoms with Crippen molar-refractivity contribution in [1.82, 2.24) is 10.3 Å². The van der Waals surface area contributed by atoms with Gasteiger partial charge < -0.3 is 15.0 Å². The molecule has 0 spiro atoms. The van der Waals surface area contributed by atoms with Crippen LogP contribution in [0.1, 0.15) is 35.2 Å². The Labute approximate surface area is 145 Å². The number of H-pyrrole nitrogens is 1. The monoisotopic (exact) mass is 344 g/mol. The molecule has 0 unspecified atom stereocenters. The number of benzene rings is 1. The third-order valence-corrected chi connectivity index (χ3v) is 4.54. The van der Waals surface area contributed by atoms with Crippen LogP contribution in [0.3, 0.4) is 0 Å². The van der Waals surface area contributed by atoms with E-state index >= 15 is 0 Å². The van der Waals surface area contributed by atoms with Gasteiger partial charge >= 0.3 is 0 Å². The second-order valence-electron chi connectivity index (χ2n) is 6.22. The number of aromatic nitrogens is 1. The van der Waals surface area contributed by atoms with Crippen molar-refractivity contribution in [3.05, 3.63) is 62.8 Å². The predicted molar refractivity (Wildman–Crippen MR) is 92.2 cm³/mol. The van der Waals surface area contributed by atoms with Crippen molar-refractivity contribution in [2.75, 3.05) is 7.11 Å². The summed E-state index contributed by atoms with van der Waals surface area (Å²) in [5, 5.41) is 2.66. The van der Waals surface area contributed by atoms with Gasteiger partial charge in [-0.3, -0.25) is 9.59 Å². The van der Waals surface area contributed by atoms with Crippen molar-refractivity contribution in [2.45, 2.75) is 38.6 Å². The van der Waals surface area contributed by atoms with Gasteiger partial charge in [-0.15, -0.1) is 0 Å². The minimum Gasteiger partial charge on any atom is -0.497 e. The SMILES string of the molecule is COc1ccc(CNC(=O)Cc2c[nH]c3c(c2=O)CCCC3)c(F)c1. The topological polar surface area (TPSA) is 71.2 Å². The van der Waals surface area contributed by atoms with Gasteiger partial charge in [0.15, 0.2) is 5.43 Å². The van der Waals surface area contributed by atoms with Crippen molar-refractivity contribution < 1.29 is 13.9 Å². The molecule has 132 valence electrons. The number of fused-ring (bicyclic) bond motifs is 1. The zero-order valence-corrected chi connectivity index (χ0v) is 14.2. The number of carbonyl (C=O) groups excluding carboxylic acids is 1. The summed E-state index contributed by atoms with van der Waals surface area (Å²) < 4.78 is 18.8. The van der Waals surface area contributed by atoms with E-state index in [0.717, 1.165) is 36.9 Å². The molecule has 0 saturated heterocycles. The molecule has 6 heteroatoms. The van der Waals surface area contributed by atoms with E-state index in [0.29, 0.717) is 16.9 Å². The lowest BCUT2D eigenvalue weighted by atomic mass is 9.94. The van der Waals surface area contributed by atoms with E-state index in [4.69, 9.17) is 4.74 Å². The normalized spacial score (nSPS) is 13.2. The largest absolute Gasteiger partial charge is 0.497 e. The van der Waals surface area contributed by atoms with Gasteiger partial charge in [0.05, 0.1) is 13.5 Å². The van der Waals surface area contributed by atoms with E-state index in [2.05, 4.69) is 10.3 Å². The molecule has 0 radical (unpaired) electrons. The molecule has 0 bridgehead atoms. The second kappa shape index (κ2) is 7.51. The fourth-order valence-corrected chi connectivity index (χ4v) is 3.11. The Kier molecular flexibility index (Phi) is 5.16. The maximum absolute atomic E-state index is 13.9. The first-order valence-electron chi connectivity index (χ1n) is 8.40. The molecule has 2 aromatic rings. The summed E-state index contributed by atoms with van der Waals surface area (Å²) in [4.78, 5) is 27.7. The maximum Gasteiger partial charge on any atom is 0.224 e. The summed E-state index contributed by atoms with van der Waals surface area (Å²) in [6, 6.07) is 4.48. The zero-order valence-electron chi connectivity index (χ0n) is 14.2. The molecule has 2 N–H and O–H groups in total. The summed E-state index contributed by atoms with van der Waals surface area (Å²) in [6.45, 7) is 0.0670. The fraction of sp³-hybridized carbons (Fsp3) is 0.368. The Morgan fingerprint density at radius 2 is 2.08 bits per heavy atom. The molecule has 1 amide bonds. The first kappa shape index (κ1) is 17.2. The second-order valence-corrected chi connectivity index (χ2v) is 6.22. The molecule has 0 atom stereocenters. The zero-order chi connectivity index (χ0) is 17.8. The van der Waals surface area contributed by atoms with Crippen LogP contribution < -0.4 is 15.5 Å². The third-order valence-electron chi connectivity index (χ3n) is 4.54. The van der Waals surface area contributed by atoms with Crippen LogP contribution in [0.2, 0.25) is 0 Å². The molecule has 3 rings (SSSR count). The average Bonchev–Trinajstić information content (AvgIpc) is 2.63. The summed E-state index contributed by atoms with van der Waals surface area (Å²) in [6.07, 6.45) is 5.34. The third kappa shape index (κ3) is 3.90. The van der Waals surface area contributed by atoms with Gasteiger partial charge in [0, 0.05) is 41.2 Å². The number of aryl methyl sites for hydroxylation is 1. The first-order valence-corrected chi connectivity index (χ1v) is 8.40. The summed E-state index contributed by atoms with van der Waals surface area (Å²) in [5.74, 6) is -0.323. The minimum atomic E-state index is -0.439. The van der Waals surface area contributed by atoms with Crippen LogP contribution in [-0.2, 0) is 30.6 Å². The van der Waals surface area contributed by atoms with Crippen LogP contribution in [-0.4, -0.2) is 18.0 Å². The number of rotatable bonds is 5. The van der Waals surface area contributed by atoms with Crippen LogP contribution in [0, 0.1) is 5.82 Å². The number of methoxy groups -OCH3 is 1. The number of amides is 1. The van der Waals surface area contributed by atoms with Crippen LogP contribution in [0.25, 0.3) is 0 Å². The van der Waals surface area contributed by atoms with Gasteiger partial charge in [-0.2, -0.15) is 0 Å². The van der Waals surface area contributed by atoms with Crippen LogP contribution in [0.4, 0.5) is 4.39 Å². The molecule has 0 fully saturated rings. The smallest absolute Gasteiger partial charge is 0.224 e. The lowest BCUT2D eigenvalue weighted by Gasteiger charge is -2.15. The van der Waals surface area contributed by atoms with Crippen LogP contribution in [0.15, 0.2) is 29.2 Å². The lowest BCUT2D eigenvalue weighted by Crippen LogP contribution is -2.29. The Morgan fingerprint density at radius 3 is 2.84 bits per heavy atom.